The second-order valence-corrected chi connectivity index (χ2v) is 5.55. The largest absolute Gasteiger partial charge is 0.481 e. The van der Waals surface area contributed by atoms with E-state index in [9.17, 15) is 4.79 Å². The molecule has 100 valence electrons. The SMILES string of the molecule is Cc1ccc(CNCCC(C)(C)C(=O)O)c(C)c1. The van der Waals surface area contributed by atoms with Crippen molar-refractivity contribution in [2.45, 2.75) is 40.7 Å². The molecule has 0 aliphatic heterocycles. The molecule has 0 bridgehead atoms. The molecule has 2 N–H and O–H groups in total. The van der Waals surface area contributed by atoms with Crippen molar-refractivity contribution < 1.29 is 9.90 Å². The van der Waals surface area contributed by atoms with Crippen LogP contribution in [0.2, 0.25) is 0 Å². The maximum Gasteiger partial charge on any atom is 0.309 e. The van der Waals surface area contributed by atoms with Gasteiger partial charge < -0.3 is 10.4 Å². The smallest absolute Gasteiger partial charge is 0.309 e. The van der Waals surface area contributed by atoms with Crippen LogP contribution < -0.4 is 5.32 Å². The first-order valence-electron chi connectivity index (χ1n) is 6.33. The first-order valence-corrected chi connectivity index (χ1v) is 6.33. The molecule has 0 saturated heterocycles. The molecule has 3 heteroatoms. The fourth-order valence-corrected chi connectivity index (χ4v) is 1.78. The van der Waals surface area contributed by atoms with Gasteiger partial charge in [0.05, 0.1) is 5.41 Å². The summed E-state index contributed by atoms with van der Waals surface area (Å²) in [7, 11) is 0. The lowest BCUT2D eigenvalue weighted by Gasteiger charge is -2.19. The Balaban J connectivity index is 2.41. The molecular weight excluding hydrogens is 226 g/mol. The molecule has 0 fully saturated rings. The first-order chi connectivity index (χ1) is 8.33. The lowest BCUT2D eigenvalue weighted by Crippen LogP contribution is -2.28. The van der Waals surface area contributed by atoms with Crippen LogP contribution in [-0.2, 0) is 11.3 Å². The molecule has 0 aliphatic rings. The van der Waals surface area contributed by atoms with Gasteiger partial charge in [-0.05, 0) is 51.8 Å². The number of rotatable bonds is 6. The van der Waals surface area contributed by atoms with Gasteiger partial charge in [0.25, 0.3) is 0 Å². The van der Waals surface area contributed by atoms with Gasteiger partial charge in [0.2, 0.25) is 0 Å². The summed E-state index contributed by atoms with van der Waals surface area (Å²) < 4.78 is 0. The molecule has 0 spiro atoms. The average molecular weight is 249 g/mol. The van der Waals surface area contributed by atoms with Gasteiger partial charge >= 0.3 is 5.97 Å². The fourth-order valence-electron chi connectivity index (χ4n) is 1.78. The van der Waals surface area contributed by atoms with Crippen molar-refractivity contribution in [2.24, 2.45) is 5.41 Å². The minimum atomic E-state index is -0.740. The monoisotopic (exact) mass is 249 g/mol. The van der Waals surface area contributed by atoms with Crippen LogP contribution in [0.5, 0.6) is 0 Å². The Bertz CT molecular complexity index is 425. The third-order valence-corrected chi connectivity index (χ3v) is 3.32. The molecule has 3 nitrogen and oxygen atoms in total. The number of carboxylic acid groups (broad SMARTS) is 1. The molecule has 0 atom stereocenters. The highest BCUT2D eigenvalue weighted by atomic mass is 16.4. The zero-order valence-corrected chi connectivity index (χ0v) is 11.7. The number of aryl methyl sites for hydroxylation is 2. The summed E-state index contributed by atoms with van der Waals surface area (Å²) in [5, 5.41) is 12.3. The van der Waals surface area contributed by atoms with E-state index in [4.69, 9.17) is 5.11 Å². The van der Waals surface area contributed by atoms with Crippen LogP contribution in [0.3, 0.4) is 0 Å². The summed E-state index contributed by atoms with van der Waals surface area (Å²) in [5.41, 5.74) is 3.16. The molecule has 0 saturated carbocycles. The van der Waals surface area contributed by atoms with Crippen LogP contribution in [0.4, 0.5) is 0 Å². The van der Waals surface area contributed by atoms with Crippen LogP contribution in [0.15, 0.2) is 18.2 Å². The molecule has 0 aliphatic carbocycles. The van der Waals surface area contributed by atoms with E-state index >= 15 is 0 Å². The predicted octanol–water partition coefficient (Wildman–Crippen LogP) is 2.89. The second kappa shape index (κ2) is 6.01. The van der Waals surface area contributed by atoms with Crippen LogP contribution in [0.25, 0.3) is 0 Å². The van der Waals surface area contributed by atoms with E-state index in [1.807, 2.05) is 0 Å². The summed E-state index contributed by atoms with van der Waals surface area (Å²) in [6, 6.07) is 6.39. The first kappa shape index (κ1) is 14.7. The highest BCUT2D eigenvalue weighted by Gasteiger charge is 2.25. The van der Waals surface area contributed by atoms with Crippen molar-refractivity contribution in [1.82, 2.24) is 5.32 Å². The summed E-state index contributed by atoms with van der Waals surface area (Å²) in [6.45, 7) is 9.21. The Kier molecular flexibility index (Phi) is 4.91. The van der Waals surface area contributed by atoms with Crippen LogP contribution in [0, 0.1) is 19.3 Å². The normalized spacial score (nSPS) is 11.6. The van der Waals surface area contributed by atoms with Gasteiger partial charge in [-0.2, -0.15) is 0 Å². The zero-order valence-electron chi connectivity index (χ0n) is 11.7. The Morgan fingerprint density at radius 2 is 2.00 bits per heavy atom. The quantitative estimate of drug-likeness (QED) is 0.762. The highest BCUT2D eigenvalue weighted by Crippen LogP contribution is 2.19. The van der Waals surface area contributed by atoms with E-state index < -0.39 is 11.4 Å². The average Bonchev–Trinajstić information content (AvgIpc) is 2.26. The number of hydrogen-bond donors (Lipinski definition) is 2. The molecule has 0 radical (unpaired) electrons. The van der Waals surface area contributed by atoms with E-state index in [-0.39, 0.29) is 0 Å². The van der Waals surface area contributed by atoms with Crippen molar-refractivity contribution >= 4 is 5.97 Å². The fraction of sp³-hybridized carbons (Fsp3) is 0.533. The molecule has 1 rings (SSSR count). The Morgan fingerprint density at radius 3 is 2.56 bits per heavy atom. The standard InChI is InChI=1S/C15H23NO2/c1-11-5-6-13(12(2)9-11)10-16-8-7-15(3,4)14(17)18/h5-6,9,16H,7-8,10H2,1-4H3,(H,17,18). The second-order valence-electron chi connectivity index (χ2n) is 5.55. The number of aliphatic carboxylic acids is 1. The molecular formula is C15H23NO2. The third kappa shape index (κ3) is 4.15. The molecule has 1 aromatic carbocycles. The van der Waals surface area contributed by atoms with Crippen molar-refractivity contribution in [3.05, 3.63) is 34.9 Å². The van der Waals surface area contributed by atoms with Crippen LogP contribution in [0.1, 0.15) is 37.0 Å². The van der Waals surface area contributed by atoms with Crippen molar-refractivity contribution in [2.75, 3.05) is 6.54 Å². The summed E-state index contributed by atoms with van der Waals surface area (Å²) in [6.07, 6.45) is 0.632. The number of hydrogen-bond acceptors (Lipinski definition) is 2. The number of benzene rings is 1. The van der Waals surface area contributed by atoms with E-state index in [2.05, 4.69) is 37.4 Å². The van der Waals surface area contributed by atoms with Crippen molar-refractivity contribution in [3.8, 4) is 0 Å². The zero-order chi connectivity index (χ0) is 13.8. The molecule has 1 aromatic rings. The van der Waals surface area contributed by atoms with E-state index in [0.717, 1.165) is 6.54 Å². The number of nitrogens with one attached hydrogen (secondary N) is 1. The van der Waals surface area contributed by atoms with Gasteiger partial charge in [-0.1, -0.05) is 23.8 Å². The summed E-state index contributed by atoms with van der Waals surface area (Å²) in [4.78, 5) is 10.9. The van der Waals surface area contributed by atoms with Gasteiger partial charge in [0.1, 0.15) is 0 Å². The van der Waals surface area contributed by atoms with E-state index in [1.54, 1.807) is 13.8 Å². The topological polar surface area (TPSA) is 49.3 Å². The van der Waals surface area contributed by atoms with Gasteiger partial charge in [-0.25, -0.2) is 0 Å². The van der Waals surface area contributed by atoms with Crippen molar-refractivity contribution in [3.63, 3.8) is 0 Å². The Hall–Kier alpha value is -1.35. The maximum atomic E-state index is 10.9. The van der Waals surface area contributed by atoms with Gasteiger partial charge in [-0.3, -0.25) is 4.79 Å². The molecule has 0 unspecified atom stereocenters. The minimum Gasteiger partial charge on any atom is -0.481 e. The maximum absolute atomic E-state index is 10.9. The summed E-state index contributed by atoms with van der Waals surface area (Å²) >= 11 is 0. The van der Waals surface area contributed by atoms with Crippen molar-refractivity contribution in [1.29, 1.82) is 0 Å². The van der Waals surface area contributed by atoms with Crippen LogP contribution >= 0.6 is 0 Å². The van der Waals surface area contributed by atoms with Gasteiger partial charge in [0, 0.05) is 6.54 Å². The Labute approximate surface area is 109 Å². The van der Waals surface area contributed by atoms with E-state index in [1.165, 1.54) is 16.7 Å². The lowest BCUT2D eigenvalue weighted by molar-refractivity contribution is -0.147. The van der Waals surface area contributed by atoms with Crippen LogP contribution in [-0.4, -0.2) is 17.6 Å². The molecule has 0 amide bonds. The predicted molar refractivity (Wildman–Crippen MR) is 73.7 cm³/mol. The molecule has 0 heterocycles. The highest BCUT2D eigenvalue weighted by molar-refractivity contribution is 5.73. The van der Waals surface area contributed by atoms with E-state index in [0.29, 0.717) is 13.0 Å². The molecule has 18 heavy (non-hydrogen) atoms. The number of carbonyl (C=O) groups is 1. The molecule has 0 aromatic heterocycles. The number of carboxylic acids is 1. The van der Waals surface area contributed by atoms with Gasteiger partial charge in [-0.15, -0.1) is 0 Å². The van der Waals surface area contributed by atoms with Gasteiger partial charge in [0.15, 0.2) is 0 Å². The third-order valence-electron chi connectivity index (χ3n) is 3.32. The Morgan fingerprint density at radius 1 is 1.33 bits per heavy atom. The lowest BCUT2D eigenvalue weighted by atomic mass is 9.89. The summed E-state index contributed by atoms with van der Waals surface area (Å²) in [5.74, 6) is -0.740. The minimum absolute atomic E-state index is 0.632.